The lowest BCUT2D eigenvalue weighted by Crippen LogP contribution is -2.28. The van der Waals surface area contributed by atoms with Gasteiger partial charge < -0.3 is 10.6 Å². The SMILES string of the molecule is C=CCNCC(=O)Nc1cc(Br)c(F)cc1C. The summed E-state index contributed by atoms with van der Waals surface area (Å²) in [6, 6.07) is 2.92. The van der Waals surface area contributed by atoms with Gasteiger partial charge in [-0.15, -0.1) is 6.58 Å². The van der Waals surface area contributed by atoms with E-state index in [4.69, 9.17) is 0 Å². The minimum Gasteiger partial charge on any atom is -0.325 e. The third-order valence-electron chi connectivity index (χ3n) is 2.12. The topological polar surface area (TPSA) is 41.1 Å². The normalized spacial score (nSPS) is 10.1. The Kier molecular flexibility index (Phi) is 5.31. The Labute approximate surface area is 108 Å². The maximum absolute atomic E-state index is 13.2. The largest absolute Gasteiger partial charge is 0.325 e. The van der Waals surface area contributed by atoms with E-state index in [1.54, 1.807) is 19.1 Å². The van der Waals surface area contributed by atoms with Gasteiger partial charge in [0.05, 0.1) is 11.0 Å². The van der Waals surface area contributed by atoms with Crippen molar-refractivity contribution in [3.8, 4) is 0 Å². The van der Waals surface area contributed by atoms with Crippen LogP contribution in [0.5, 0.6) is 0 Å². The van der Waals surface area contributed by atoms with Crippen LogP contribution in [0.4, 0.5) is 10.1 Å². The van der Waals surface area contributed by atoms with Crippen molar-refractivity contribution in [2.45, 2.75) is 6.92 Å². The summed E-state index contributed by atoms with van der Waals surface area (Å²) < 4.78 is 13.5. The first-order valence-electron chi connectivity index (χ1n) is 5.11. The summed E-state index contributed by atoms with van der Waals surface area (Å²) in [5, 5.41) is 5.59. The van der Waals surface area contributed by atoms with Crippen LogP contribution in [0.2, 0.25) is 0 Å². The maximum atomic E-state index is 13.2. The fourth-order valence-electron chi connectivity index (χ4n) is 1.26. The highest BCUT2D eigenvalue weighted by molar-refractivity contribution is 9.10. The number of anilines is 1. The number of amides is 1. The van der Waals surface area contributed by atoms with E-state index in [0.717, 1.165) is 0 Å². The van der Waals surface area contributed by atoms with Crippen LogP contribution in [0.15, 0.2) is 29.3 Å². The molecule has 0 heterocycles. The number of rotatable bonds is 5. The van der Waals surface area contributed by atoms with Gasteiger partial charge in [-0.25, -0.2) is 4.39 Å². The molecule has 0 aliphatic rings. The molecule has 0 unspecified atom stereocenters. The summed E-state index contributed by atoms with van der Waals surface area (Å²) in [7, 11) is 0. The van der Waals surface area contributed by atoms with Crippen LogP contribution >= 0.6 is 15.9 Å². The van der Waals surface area contributed by atoms with Crippen molar-refractivity contribution in [2.24, 2.45) is 0 Å². The molecule has 92 valence electrons. The third-order valence-corrected chi connectivity index (χ3v) is 2.72. The van der Waals surface area contributed by atoms with E-state index in [1.807, 2.05) is 0 Å². The predicted octanol–water partition coefficient (Wildman–Crippen LogP) is 2.61. The zero-order valence-corrected chi connectivity index (χ0v) is 11.1. The van der Waals surface area contributed by atoms with Gasteiger partial charge in [-0.05, 0) is 40.5 Å². The van der Waals surface area contributed by atoms with Crippen LogP contribution in [-0.4, -0.2) is 19.0 Å². The second kappa shape index (κ2) is 6.51. The van der Waals surface area contributed by atoms with E-state index < -0.39 is 0 Å². The van der Waals surface area contributed by atoms with Crippen molar-refractivity contribution >= 4 is 27.5 Å². The Morgan fingerprint density at radius 1 is 1.59 bits per heavy atom. The fraction of sp³-hybridized carbons (Fsp3) is 0.250. The number of hydrogen-bond acceptors (Lipinski definition) is 2. The summed E-state index contributed by atoms with van der Waals surface area (Å²) in [4.78, 5) is 11.5. The van der Waals surface area contributed by atoms with Crippen molar-refractivity contribution in [1.29, 1.82) is 0 Å². The monoisotopic (exact) mass is 300 g/mol. The van der Waals surface area contributed by atoms with E-state index in [-0.39, 0.29) is 18.3 Å². The van der Waals surface area contributed by atoms with Gasteiger partial charge in [-0.2, -0.15) is 0 Å². The number of carbonyl (C=O) groups excluding carboxylic acids is 1. The molecular formula is C12H14BrFN2O. The Morgan fingerprint density at radius 3 is 2.94 bits per heavy atom. The molecule has 0 fully saturated rings. The highest BCUT2D eigenvalue weighted by Crippen LogP contribution is 2.23. The van der Waals surface area contributed by atoms with Gasteiger partial charge in [0.2, 0.25) is 5.91 Å². The van der Waals surface area contributed by atoms with E-state index in [0.29, 0.717) is 22.3 Å². The molecule has 1 aromatic carbocycles. The number of aryl methyl sites for hydroxylation is 1. The van der Waals surface area contributed by atoms with Gasteiger partial charge in [0, 0.05) is 12.2 Å². The molecular weight excluding hydrogens is 287 g/mol. The minimum atomic E-state index is -0.342. The first kappa shape index (κ1) is 13.9. The first-order chi connectivity index (χ1) is 8.04. The lowest BCUT2D eigenvalue weighted by molar-refractivity contribution is -0.115. The second-order valence-corrected chi connectivity index (χ2v) is 4.40. The lowest BCUT2D eigenvalue weighted by atomic mass is 10.2. The van der Waals surface area contributed by atoms with E-state index >= 15 is 0 Å². The summed E-state index contributed by atoms with van der Waals surface area (Å²) in [6.07, 6.45) is 1.67. The standard InChI is InChI=1S/C12H14BrFN2O/c1-3-4-15-7-12(17)16-11-6-9(13)10(14)5-8(11)2/h3,5-6,15H,1,4,7H2,2H3,(H,16,17). The molecule has 0 atom stereocenters. The summed E-state index contributed by atoms with van der Waals surface area (Å²) in [5.74, 6) is -0.515. The summed E-state index contributed by atoms with van der Waals surface area (Å²) in [6.45, 7) is 6.04. The number of nitrogens with one attached hydrogen (secondary N) is 2. The van der Waals surface area contributed by atoms with Gasteiger partial charge >= 0.3 is 0 Å². The average Bonchev–Trinajstić information content (AvgIpc) is 2.26. The van der Waals surface area contributed by atoms with Gasteiger partial charge in [-0.1, -0.05) is 6.08 Å². The van der Waals surface area contributed by atoms with Crippen molar-refractivity contribution in [2.75, 3.05) is 18.4 Å². The molecule has 0 radical (unpaired) electrons. The van der Waals surface area contributed by atoms with Crippen LogP contribution in [0.3, 0.4) is 0 Å². The number of benzene rings is 1. The van der Waals surface area contributed by atoms with Gasteiger partial charge in [0.15, 0.2) is 0 Å². The molecule has 0 spiro atoms. The Hall–Kier alpha value is -1.20. The van der Waals surface area contributed by atoms with E-state index in [9.17, 15) is 9.18 Å². The Morgan fingerprint density at radius 2 is 2.29 bits per heavy atom. The highest BCUT2D eigenvalue weighted by Gasteiger charge is 2.08. The van der Waals surface area contributed by atoms with Crippen molar-refractivity contribution in [3.05, 3.63) is 40.6 Å². The molecule has 0 aliphatic carbocycles. The van der Waals surface area contributed by atoms with Crippen LogP contribution in [-0.2, 0) is 4.79 Å². The maximum Gasteiger partial charge on any atom is 0.238 e. The number of hydrogen-bond donors (Lipinski definition) is 2. The lowest BCUT2D eigenvalue weighted by Gasteiger charge is -2.09. The zero-order chi connectivity index (χ0) is 12.8. The van der Waals surface area contributed by atoms with Crippen molar-refractivity contribution in [3.63, 3.8) is 0 Å². The summed E-state index contributed by atoms with van der Waals surface area (Å²) >= 11 is 3.08. The average molecular weight is 301 g/mol. The first-order valence-corrected chi connectivity index (χ1v) is 5.91. The Balaban J connectivity index is 2.65. The molecule has 1 amide bonds. The third kappa shape index (κ3) is 4.28. The number of halogens is 2. The molecule has 0 bridgehead atoms. The van der Waals surface area contributed by atoms with E-state index in [1.165, 1.54) is 6.07 Å². The molecule has 1 aromatic rings. The predicted molar refractivity (Wildman–Crippen MR) is 70.5 cm³/mol. The van der Waals surface area contributed by atoms with Gasteiger partial charge in [0.1, 0.15) is 5.82 Å². The van der Waals surface area contributed by atoms with Crippen LogP contribution in [0.25, 0.3) is 0 Å². The molecule has 0 saturated heterocycles. The molecule has 0 aliphatic heterocycles. The molecule has 1 rings (SSSR count). The van der Waals surface area contributed by atoms with Crippen LogP contribution in [0, 0.1) is 12.7 Å². The number of carbonyl (C=O) groups is 1. The molecule has 17 heavy (non-hydrogen) atoms. The summed E-state index contributed by atoms with van der Waals surface area (Å²) in [5.41, 5.74) is 1.28. The van der Waals surface area contributed by atoms with Crippen LogP contribution < -0.4 is 10.6 Å². The Bertz CT molecular complexity index is 435. The second-order valence-electron chi connectivity index (χ2n) is 3.55. The molecule has 3 nitrogen and oxygen atoms in total. The fourth-order valence-corrected chi connectivity index (χ4v) is 1.61. The van der Waals surface area contributed by atoms with Gasteiger partial charge in [-0.3, -0.25) is 4.79 Å². The van der Waals surface area contributed by atoms with Gasteiger partial charge in [0.25, 0.3) is 0 Å². The zero-order valence-electron chi connectivity index (χ0n) is 9.52. The molecule has 0 aromatic heterocycles. The minimum absolute atomic E-state index is 0.173. The molecule has 5 heteroatoms. The smallest absolute Gasteiger partial charge is 0.238 e. The van der Waals surface area contributed by atoms with Crippen molar-refractivity contribution in [1.82, 2.24) is 5.32 Å². The van der Waals surface area contributed by atoms with E-state index in [2.05, 4.69) is 33.1 Å². The highest BCUT2D eigenvalue weighted by atomic mass is 79.9. The van der Waals surface area contributed by atoms with Crippen molar-refractivity contribution < 1.29 is 9.18 Å². The van der Waals surface area contributed by atoms with Crippen LogP contribution in [0.1, 0.15) is 5.56 Å². The molecule has 2 N–H and O–H groups in total. The molecule has 0 saturated carbocycles. The quantitative estimate of drug-likeness (QED) is 0.648.